The molecule has 2 rings (SSSR count). The van der Waals surface area contributed by atoms with Crippen LogP contribution in [0.2, 0.25) is 0 Å². The molecule has 1 unspecified atom stereocenters. The van der Waals surface area contributed by atoms with Gasteiger partial charge in [-0.3, -0.25) is 4.79 Å². The van der Waals surface area contributed by atoms with Crippen molar-refractivity contribution in [3.8, 4) is 16.3 Å². The Morgan fingerprint density at radius 2 is 1.91 bits per heavy atom. The number of halogens is 1. The van der Waals surface area contributed by atoms with E-state index in [9.17, 15) is 4.79 Å². The number of ether oxygens (including phenoxy) is 1. The van der Waals surface area contributed by atoms with Crippen LogP contribution >= 0.6 is 23.7 Å². The number of thiazole rings is 1. The highest BCUT2D eigenvalue weighted by molar-refractivity contribution is 7.15. The minimum Gasteiger partial charge on any atom is -0.497 e. The number of aryl methyl sites for hydroxylation is 1. The standard InChI is InChI=1S/C16H21N3O2S.ClH/c1-9(17)15(20)18-10(2)14-11(3)19-16(22-14)12-5-7-13(21-4)8-6-12;/h5-10H,17H2,1-4H3,(H,18,20);1H/t9-,10?;/m1./s1. The molecule has 0 aliphatic rings. The van der Waals surface area contributed by atoms with Crippen LogP contribution < -0.4 is 15.8 Å². The van der Waals surface area contributed by atoms with Gasteiger partial charge in [-0.1, -0.05) is 0 Å². The second-order valence-corrected chi connectivity index (χ2v) is 6.25. The zero-order valence-corrected chi connectivity index (χ0v) is 15.3. The second-order valence-electron chi connectivity index (χ2n) is 5.22. The van der Waals surface area contributed by atoms with Gasteiger partial charge >= 0.3 is 0 Å². The van der Waals surface area contributed by atoms with Crippen molar-refractivity contribution in [3.63, 3.8) is 0 Å². The molecule has 126 valence electrons. The van der Waals surface area contributed by atoms with Gasteiger partial charge in [-0.15, -0.1) is 23.7 Å². The molecule has 1 aromatic carbocycles. The Morgan fingerprint density at radius 1 is 1.30 bits per heavy atom. The average Bonchev–Trinajstić information content (AvgIpc) is 2.89. The number of benzene rings is 1. The van der Waals surface area contributed by atoms with Gasteiger partial charge in [0.25, 0.3) is 0 Å². The maximum absolute atomic E-state index is 11.7. The number of rotatable bonds is 5. The Labute approximate surface area is 146 Å². The van der Waals surface area contributed by atoms with Gasteiger partial charge in [0, 0.05) is 5.56 Å². The average molecular weight is 356 g/mol. The monoisotopic (exact) mass is 355 g/mol. The fourth-order valence-corrected chi connectivity index (χ4v) is 3.15. The van der Waals surface area contributed by atoms with E-state index in [1.165, 1.54) is 0 Å². The van der Waals surface area contributed by atoms with Crippen LogP contribution in [0.5, 0.6) is 5.75 Å². The van der Waals surface area contributed by atoms with E-state index in [1.807, 2.05) is 38.1 Å². The van der Waals surface area contributed by atoms with Crippen molar-refractivity contribution in [2.24, 2.45) is 5.73 Å². The Morgan fingerprint density at radius 3 is 2.43 bits per heavy atom. The molecule has 7 heteroatoms. The van der Waals surface area contributed by atoms with E-state index in [0.717, 1.165) is 26.9 Å². The van der Waals surface area contributed by atoms with E-state index in [4.69, 9.17) is 10.5 Å². The molecular weight excluding hydrogens is 334 g/mol. The zero-order chi connectivity index (χ0) is 16.3. The number of aromatic nitrogens is 1. The molecule has 0 fully saturated rings. The number of methoxy groups -OCH3 is 1. The number of nitrogens with two attached hydrogens (primary N) is 1. The zero-order valence-electron chi connectivity index (χ0n) is 13.6. The molecular formula is C16H22ClN3O2S. The fourth-order valence-electron chi connectivity index (χ4n) is 2.08. The first kappa shape index (κ1) is 19.4. The SMILES string of the molecule is COc1ccc(-c2nc(C)c(C(C)NC(=O)[C@@H](C)N)s2)cc1.Cl. The molecule has 1 amide bonds. The van der Waals surface area contributed by atoms with Crippen LogP contribution in [0, 0.1) is 6.92 Å². The van der Waals surface area contributed by atoms with E-state index in [1.54, 1.807) is 25.4 Å². The number of nitrogens with zero attached hydrogens (tertiary/aromatic N) is 1. The molecule has 0 spiro atoms. The van der Waals surface area contributed by atoms with Crippen molar-refractivity contribution in [1.82, 2.24) is 10.3 Å². The van der Waals surface area contributed by atoms with Crippen molar-refractivity contribution in [3.05, 3.63) is 34.8 Å². The number of carbonyl (C=O) groups is 1. The van der Waals surface area contributed by atoms with Crippen LogP contribution in [0.4, 0.5) is 0 Å². The number of hydrogen-bond acceptors (Lipinski definition) is 5. The summed E-state index contributed by atoms with van der Waals surface area (Å²) in [6, 6.07) is 7.15. The summed E-state index contributed by atoms with van der Waals surface area (Å²) in [6.07, 6.45) is 0. The first-order valence-corrected chi connectivity index (χ1v) is 7.91. The molecule has 1 aromatic heterocycles. The minimum absolute atomic E-state index is 0. The fraction of sp³-hybridized carbons (Fsp3) is 0.375. The molecule has 1 heterocycles. The third kappa shape index (κ3) is 4.67. The normalized spacial score (nSPS) is 12.9. The number of nitrogens with one attached hydrogen (secondary N) is 1. The van der Waals surface area contributed by atoms with Gasteiger partial charge < -0.3 is 15.8 Å². The highest BCUT2D eigenvalue weighted by atomic mass is 35.5. The Hall–Kier alpha value is -1.63. The molecule has 0 saturated heterocycles. The lowest BCUT2D eigenvalue weighted by molar-refractivity contribution is -0.122. The minimum atomic E-state index is -0.517. The quantitative estimate of drug-likeness (QED) is 0.864. The topological polar surface area (TPSA) is 77.2 Å². The molecule has 3 N–H and O–H groups in total. The maximum Gasteiger partial charge on any atom is 0.237 e. The molecule has 0 aliphatic carbocycles. The van der Waals surface area contributed by atoms with Crippen molar-refractivity contribution in [1.29, 1.82) is 0 Å². The molecule has 2 atom stereocenters. The van der Waals surface area contributed by atoms with Gasteiger partial charge in [0.2, 0.25) is 5.91 Å². The summed E-state index contributed by atoms with van der Waals surface area (Å²) < 4.78 is 5.16. The van der Waals surface area contributed by atoms with E-state index < -0.39 is 6.04 Å². The molecule has 0 bridgehead atoms. The Bertz CT molecular complexity index is 656. The van der Waals surface area contributed by atoms with E-state index in [-0.39, 0.29) is 24.4 Å². The van der Waals surface area contributed by atoms with Crippen molar-refractivity contribution in [2.45, 2.75) is 32.9 Å². The smallest absolute Gasteiger partial charge is 0.237 e. The van der Waals surface area contributed by atoms with Gasteiger partial charge in [-0.05, 0) is 45.0 Å². The lowest BCUT2D eigenvalue weighted by Gasteiger charge is -2.14. The molecule has 2 aromatic rings. The van der Waals surface area contributed by atoms with Gasteiger partial charge in [-0.25, -0.2) is 4.98 Å². The summed E-state index contributed by atoms with van der Waals surface area (Å²) in [5.41, 5.74) is 7.55. The molecule has 0 aliphatic heterocycles. The van der Waals surface area contributed by atoms with Crippen molar-refractivity contribution >= 4 is 29.7 Å². The third-order valence-electron chi connectivity index (χ3n) is 3.34. The van der Waals surface area contributed by atoms with E-state index >= 15 is 0 Å². The van der Waals surface area contributed by atoms with Crippen LogP contribution in [0.3, 0.4) is 0 Å². The van der Waals surface area contributed by atoms with Crippen LogP contribution in [0.15, 0.2) is 24.3 Å². The number of amides is 1. The highest BCUT2D eigenvalue weighted by Gasteiger charge is 2.18. The maximum atomic E-state index is 11.7. The van der Waals surface area contributed by atoms with Gasteiger partial charge in [-0.2, -0.15) is 0 Å². The highest BCUT2D eigenvalue weighted by Crippen LogP contribution is 2.32. The first-order chi connectivity index (χ1) is 10.4. The van der Waals surface area contributed by atoms with Crippen molar-refractivity contribution in [2.75, 3.05) is 7.11 Å². The Kier molecular flexibility index (Phi) is 7.00. The lowest BCUT2D eigenvalue weighted by atomic mass is 10.2. The van der Waals surface area contributed by atoms with E-state index in [2.05, 4.69) is 10.3 Å². The number of carbonyl (C=O) groups excluding carboxylic acids is 1. The summed E-state index contributed by atoms with van der Waals surface area (Å²) in [5, 5.41) is 3.83. The van der Waals surface area contributed by atoms with Gasteiger partial charge in [0.1, 0.15) is 10.8 Å². The molecule has 0 saturated carbocycles. The lowest BCUT2D eigenvalue weighted by Crippen LogP contribution is -2.39. The predicted octanol–water partition coefficient (Wildman–Crippen LogP) is 3.07. The van der Waals surface area contributed by atoms with Gasteiger partial charge in [0.15, 0.2) is 0 Å². The van der Waals surface area contributed by atoms with Gasteiger partial charge in [0.05, 0.1) is 29.8 Å². The van der Waals surface area contributed by atoms with Crippen molar-refractivity contribution < 1.29 is 9.53 Å². The summed E-state index contributed by atoms with van der Waals surface area (Å²) in [6.45, 7) is 5.57. The molecule has 0 radical (unpaired) electrons. The first-order valence-electron chi connectivity index (χ1n) is 7.10. The third-order valence-corrected chi connectivity index (χ3v) is 4.72. The number of hydrogen-bond donors (Lipinski definition) is 2. The van der Waals surface area contributed by atoms with Crippen LogP contribution in [0.25, 0.3) is 10.6 Å². The summed E-state index contributed by atoms with van der Waals surface area (Å²) in [5.74, 6) is 0.654. The largest absolute Gasteiger partial charge is 0.497 e. The van der Waals surface area contributed by atoms with Crippen LogP contribution in [0.1, 0.15) is 30.5 Å². The molecule has 5 nitrogen and oxygen atoms in total. The molecule has 23 heavy (non-hydrogen) atoms. The summed E-state index contributed by atoms with van der Waals surface area (Å²) in [7, 11) is 1.64. The summed E-state index contributed by atoms with van der Waals surface area (Å²) >= 11 is 1.58. The van der Waals surface area contributed by atoms with Crippen LogP contribution in [-0.2, 0) is 4.79 Å². The van der Waals surface area contributed by atoms with Crippen LogP contribution in [-0.4, -0.2) is 24.0 Å². The Balaban J connectivity index is 0.00000264. The second kappa shape index (κ2) is 8.29. The summed E-state index contributed by atoms with van der Waals surface area (Å²) in [4.78, 5) is 17.4. The van der Waals surface area contributed by atoms with E-state index in [0.29, 0.717) is 0 Å². The predicted molar refractivity (Wildman–Crippen MR) is 96.3 cm³/mol.